The fourth-order valence-electron chi connectivity index (χ4n) is 2.64. The van der Waals surface area contributed by atoms with E-state index in [1.807, 2.05) is 7.05 Å². The van der Waals surface area contributed by atoms with Crippen LogP contribution in [0.3, 0.4) is 0 Å². The lowest BCUT2D eigenvalue weighted by atomic mass is 9.96. The quantitative estimate of drug-likeness (QED) is 0.671. The van der Waals surface area contributed by atoms with Gasteiger partial charge in [0.2, 0.25) is 0 Å². The van der Waals surface area contributed by atoms with Crippen LogP contribution in [0.1, 0.15) is 23.2 Å². The third-order valence-corrected chi connectivity index (χ3v) is 4.02. The molecule has 1 fully saturated rings. The largest absolute Gasteiger partial charge is 0.338 e. The second-order valence-corrected chi connectivity index (χ2v) is 5.65. The maximum Gasteiger partial charge on any atom is 0.282 e. The van der Waals surface area contributed by atoms with Gasteiger partial charge in [-0.3, -0.25) is 14.9 Å². The Bertz CT molecular complexity index is 546. The molecule has 1 N–H and O–H groups in total. The van der Waals surface area contributed by atoms with E-state index in [4.69, 9.17) is 11.6 Å². The maximum absolute atomic E-state index is 12.5. The van der Waals surface area contributed by atoms with Gasteiger partial charge in [-0.2, -0.15) is 0 Å². The zero-order valence-corrected chi connectivity index (χ0v) is 13.8. The van der Waals surface area contributed by atoms with Crippen molar-refractivity contribution < 1.29 is 9.72 Å². The van der Waals surface area contributed by atoms with Crippen LogP contribution < -0.4 is 5.32 Å². The summed E-state index contributed by atoms with van der Waals surface area (Å²) >= 11 is 5.87. The molecule has 2 rings (SSSR count). The Morgan fingerprint density at radius 1 is 1.45 bits per heavy atom. The summed E-state index contributed by atoms with van der Waals surface area (Å²) in [6, 6.07) is 4.08. The molecule has 0 bridgehead atoms. The number of carbonyl (C=O) groups is 1. The van der Waals surface area contributed by atoms with Gasteiger partial charge in [0.15, 0.2) is 0 Å². The summed E-state index contributed by atoms with van der Waals surface area (Å²) in [5, 5.41) is 14.5. The van der Waals surface area contributed by atoms with Gasteiger partial charge >= 0.3 is 0 Å². The van der Waals surface area contributed by atoms with Crippen LogP contribution in [0.4, 0.5) is 5.69 Å². The summed E-state index contributed by atoms with van der Waals surface area (Å²) in [4.78, 5) is 24.7. The molecular weight excluding hydrogens is 329 g/mol. The molecule has 0 atom stereocenters. The van der Waals surface area contributed by atoms with E-state index in [2.05, 4.69) is 5.32 Å². The van der Waals surface area contributed by atoms with Crippen LogP contribution in [-0.2, 0) is 0 Å². The highest BCUT2D eigenvalue weighted by atomic mass is 35.5. The number of halogens is 2. The molecule has 1 aromatic rings. The first-order valence-corrected chi connectivity index (χ1v) is 7.28. The highest BCUT2D eigenvalue weighted by Crippen LogP contribution is 2.26. The lowest BCUT2D eigenvalue weighted by Gasteiger charge is -2.31. The molecule has 22 heavy (non-hydrogen) atoms. The molecule has 0 saturated carbocycles. The first-order chi connectivity index (χ1) is 10.0. The number of likely N-dealkylation sites (tertiary alicyclic amines) is 1. The molecule has 1 heterocycles. The fourth-order valence-corrected chi connectivity index (χ4v) is 2.81. The van der Waals surface area contributed by atoms with Crippen LogP contribution in [0.15, 0.2) is 18.2 Å². The third-order valence-electron chi connectivity index (χ3n) is 3.78. The first kappa shape index (κ1) is 18.7. The van der Waals surface area contributed by atoms with Crippen molar-refractivity contribution in [1.82, 2.24) is 10.2 Å². The molecule has 122 valence electrons. The Morgan fingerprint density at radius 3 is 2.64 bits per heavy atom. The van der Waals surface area contributed by atoms with Crippen LogP contribution >= 0.6 is 24.0 Å². The molecule has 1 saturated heterocycles. The topological polar surface area (TPSA) is 75.5 Å². The SMILES string of the molecule is CNCC1CCN(C(=O)c2cc(Cl)ccc2[N+](=O)[O-])CC1.Cl. The Labute approximate surface area is 140 Å². The summed E-state index contributed by atoms with van der Waals surface area (Å²) in [7, 11) is 1.91. The van der Waals surface area contributed by atoms with Crippen molar-refractivity contribution in [1.29, 1.82) is 0 Å². The van der Waals surface area contributed by atoms with Crippen molar-refractivity contribution >= 4 is 35.6 Å². The van der Waals surface area contributed by atoms with Crippen molar-refractivity contribution in [2.24, 2.45) is 5.92 Å². The van der Waals surface area contributed by atoms with Gasteiger partial charge in [-0.1, -0.05) is 11.6 Å². The Morgan fingerprint density at radius 2 is 2.09 bits per heavy atom. The predicted molar refractivity (Wildman–Crippen MR) is 87.9 cm³/mol. The molecule has 0 aliphatic carbocycles. The number of nitrogens with one attached hydrogen (secondary N) is 1. The Balaban J connectivity index is 0.00000242. The van der Waals surface area contributed by atoms with E-state index < -0.39 is 4.92 Å². The number of hydrogen-bond acceptors (Lipinski definition) is 4. The van der Waals surface area contributed by atoms with Crippen molar-refractivity contribution in [3.05, 3.63) is 38.9 Å². The molecule has 1 amide bonds. The molecule has 0 unspecified atom stereocenters. The second kappa shape index (κ2) is 8.31. The maximum atomic E-state index is 12.5. The van der Waals surface area contributed by atoms with Crippen molar-refractivity contribution in [3.63, 3.8) is 0 Å². The minimum atomic E-state index is -0.544. The van der Waals surface area contributed by atoms with E-state index in [0.29, 0.717) is 24.0 Å². The predicted octanol–water partition coefficient (Wildman–Crippen LogP) is 2.74. The van der Waals surface area contributed by atoms with Crippen LogP contribution in [-0.4, -0.2) is 42.4 Å². The van der Waals surface area contributed by atoms with Gasteiger partial charge in [0, 0.05) is 24.2 Å². The third kappa shape index (κ3) is 4.32. The standard InChI is InChI=1S/C14H18ClN3O3.ClH/c1-16-9-10-4-6-17(7-5-10)14(19)12-8-11(15)2-3-13(12)18(20)21;/h2-3,8,10,16H,4-7,9H2,1H3;1H. The molecule has 0 radical (unpaired) electrons. The van der Waals surface area contributed by atoms with E-state index in [1.165, 1.54) is 18.2 Å². The number of nitro benzene ring substituents is 1. The molecule has 0 spiro atoms. The smallest absolute Gasteiger partial charge is 0.282 e. The highest BCUT2D eigenvalue weighted by Gasteiger charge is 2.28. The lowest BCUT2D eigenvalue weighted by Crippen LogP contribution is -2.40. The molecule has 1 aromatic carbocycles. The Kier molecular flexibility index (Phi) is 7.06. The molecule has 6 nitrogen and oxygen atoms in total. The van der Waals surface area contributed by atoms with E-state index in [9.17, 15) is 14.9 Å². The summed E-state index contributed by atoms with van der Waals surface area (Å²) < 4.78 is 0. The number of amides is 1. The number of hydrogen-bond donors (Lipinski definition) is 1. The van der Waals surface area contributed by atoms with E-state index >= 15 is 0 Å². The number of piperidine rings is 1. The number of benzene rings is 1. The molecule has 1 aliphatic heterocycles. The molecule has 8 heteroatoms. The first-order valence-electron chi connectivity index (χ1n) is 6.90. The summed E-state index contributed by atoms with van der Waals surface area (Å²) in [6.07, 6.45) is 1.81. The van der Waals surface area contributed by atoms with Crippen molar-refractivity contribution in [2.45, 2.75) is 12.8 Å². The monoisotopic (exact) mass is 347 g/mol. The van der Waals surface area contributed by atoms with Gasteiger partial charge < -0.3 is 10.2 Å². The summed E-state index contributed by atoms with van der Waals surface area (Å²) in [5.41, 5.74) is -0.124. The number of nitro groups is 1. The van der Waals surface area contributed by atoms with Gasteiger partial charge in [-0.05, 0) is 44.5 Å². The number of rotatable bonds is 4. The van der Waals surface area contributed by atoms with Gasteiger partial charge in [0.1, 0.15) is 5.56 Å². The number of nitrogens with zero attached hydrogens (tertiary/aromatic N) is 2. The fraction of sp³-hybridized carbons (Fsp3) is 0.500. The normalized spacial score (nSPS) is 15.3. The minimum absolute atomic E-state index is 0. The highest BCUT2D eigenvalue weighted by molar-refractivity contribution is 6.31. The van der Waals surface area contributed by atoms with Gasteiger partial charge in [-0.15, -0.1) is 12.4 Å². The number of carbonyl (C=O) groups excluding carboxylic acids is 1. The lowest BCUT2D eigenvalue weighted by molar-refractivity contribution is -0.385. The average molecular weight is 348 g/mol. The van der Waals surface area contributed by atoms with Gasteiger partial charge in [0.05, 0.1) is 4.92 Å². The van der Waals surface area contributed by atoms with Gasteiger partial charge in [0.25, 0.3) is 11.6 Å². The molecule has 1 aliphatic rings. The van der Waals surface area contributed by atoms with Crippen LogP contribution in [0, 0.1) is 16.0 Å². The van der Waals surface area contributed by atoms with Crippen LogP contribution in [0.25, 0.3) is 0 Å². The zero-order chi connectivity index (χ0) is 15.4. The van der Waals surface area contributed by atoms with Crippen LogP contribution in [0.5, 0.6) is 0 Å². The van der Waals surface area contributed by atoms with Gasteiger partial charge in [-0.25, -0.2) is 0 Å². The van der Waals surface area contributed by atoms with Crippen LogP contribution in [0.2, 0.25) is 5.02 Å². The van der Waals surface area contributed by atoms with E-state index in [1.54, 1.807) is 4.90 Å². The summed E-state index contributed by atoms with van der Waals surface area (Å²) in [6.45, 7) is 2.17. The average Bonchev–Trinajstić information content (AvgIpc) is 2.47. The van der Waals surface area contributed by atoms with E-state index in [-0.39, 0.29) is 29.6 Å². The summed E-state index contributed by atoms with van der Waals surface area (Å²) in [5.74, 6) is 0.237. The van der Waals surface area contributed by atoms with E-state index in [0.717, 1.165) is 19.4 Å². The minimum Gasteiger partial charge on any atom is -0.338 e. The molecular formula is C14H19Cl2N3O3. The molecule has 0 aromatic heterocycles. The zero-order valence-electron chi connectivity index (χ0n) is 12.3. The van der Waals surface area contributed by atoms with Crippen molar-refractivity contribution in [2.75, 3.05) is 26.7 Å². The second-order valence-electron chi connectivity index (χ2n) is 5.21. The van der Waals surface area contributed by atoms with Crippen molar-refractivity contribution in [3.8, 4) is 0 Å². The Hall–Kier alpha value is -1.37.